The Hall–Kier alpha value is -3.41. The first-order valence-electron chi connectivity index (χ1n) is 9.17. The Balaban J connectivity index is 1.54. The molecule has 0 fully saturated rings. The number of nitrogens with one attached hydrogen (secondary N) is 2. The molecule has 2 N–H and O–H groups in total. The molecule has 3 rings (SSSR count). The number of rotatable bonds is 8. The van der Waals surface area contributed by atoms with Gasteiger partial charge < -0.3 is 15.4 Å². The van der Waals surface area contributed by atoms with E-state index >= 15 is 0 Å². The number of nitrogens with zero attached hydrogens (tertiary/aromatic N) is 2. The van der Waals surface area contributed by atoms with Gasteiger partial charge in [0.05, 0.1) is 7.11 Å². The zero-order valence-corrected chi connectivity index (χ0v) is 16.1. The van der Waals surface area contributed by atoms with Crippen molar-refractivity contribution in [3.63, 3.8) is 0 Å². The minimum Gasteiger partial charge on any atom is -0.496 e. The van der Waals surface area contributed by atoms with Crippen LogP contribution in [0, 0.1) is 6.92 Å². The molecular weight excluding hydrogens is 352 g/mol. The van der Waals surface area contributed by atoms with Crippen molar-refractivity contribution >= 4 is 11.7 Å². The molecule has 1 heterocycles. The maximum absolute atomic E-state index is 12.4. The lowest BCUT2D eigenvalue weighted by molar-refractivity contribution is 0.0949. The average Bonchev–Trinajstić information content (AvgIpc) is 2.73. The lowest BCUT2D eigenvalue weighted by atomic mass is 10.1. The second-order valence-corrected chi connectivity index (χ2v) is 6.45. The Kier molecular flexibility index (Phi) is 6.57. The van der Waals surface area contributed by atoms with Crippen LogP contribution in [-0.2, 0) is 13.0 Å². The zero-order chi connectivity index (χ0) is 19.8. The van der Waals surface area contributed by atoms with Crippen molar-refractivity contribution in [2.45, 2.75) is 19.9 Å². The monoisotopic (exact) mass is 376 g/mol. The predicted molar refractivity (Wildman–Crippen MR) is 110 cm³/mol. The second-order valence-electron chi connectivity index (χ2n) is 6.45. The fraction of sp³-hybridized carbons (Fsp3) is 0.227. The minimum atomic E-state index is -0.226. The van der Waals surface area contributed by atoms with Crippen LogP contribution in [0.25, 0.3) is 0 Å². The molecule has 28 heavy (non-hydrogen) atoms. The van der Waals surface area contributed by atoms with Crippen molar-refractivity contribution in [1.82, 2.24) is 15.3 Å². The number of aryl methyl sites for hydroxylation is 1. The van der Waals surface area contributed by atoms with Crippen molar-refractivity contribution in [1.29, 1.82) is 0 Å². The van der Waals surface area contributed by atoms with E-state index in [9.17, 15) is 4.79 Å². The maximum atomic E-state index is 12.4. The number of benzene rings is 2. The molecule has 1 amide bonds. The molecule has 0 spiro atoms. The van der Waals surface area contributed by atoms with Gasteiger partial charge in [0.25, 0.3) is 5.91 Å². The molecule has 1 aromatic heterocycles. The molecule has 0 radical (unpaired) electrons. The van der Waals surface area contributed by atoms with E-state index in [0.29, 0.717) is 31.0 Å². The number of aromatic nitrogens is 2. The summed E-state index contributed by atoms with van der Waals surface area (Å²) < 4.78 is 5.33. The number of hydrogen-bond donors (Lipinski definition) is 2. The van der Waals surface area contributed by atoms with Gasteiger partial charge in [0.15, 0.2) is 0 Å². The van der Waals surface area contributed by atoms with Crippen LogP contribution in [0.1, 0.15) is 27.2 Å². The predicted octanol–water partition coefficient (Wildman–Crippen LogP) is 3.38. The van der Waals surface area contributed by atoms with E-state index in [0.717, 1.165) is 16.9 Å². The highest BCUT2D eigenvalue weighted by Crippen LogP contribution is 2.17. The molecule has 6 heteroatoms. The van der Waals surface area contributed by atoms with Crippen molar-refractivity contribution in [3.05, 3.63) is 83.3 Å². The van der Waals surface area contributed by atoms with E-state index in [1.807, 2.05) is 36.4 Å². The van der Waals surface area contributed by atoms with Gasteiger partial charge in [0.2, 0.25) is 0 Å². The van der Waals surface area contributed by atoms with Gasteiger partial charge in [-0.3, -0.25) is 4.79 Å². The number of hydrogen-bond acceptors (Lipinski definition) is 5. The Morgan fingerprint density at radius 3 is 2.75 bits per heavy atom. The van der Waals surface area contributed by atoms with E-state index in [2.05, 4.69) is 39.7 Å². The summed E-state index contributed by atoms with van der Waals surface area (Å²) in [5, 5.41) is 6.13. The summed E-state index contributed by atoms with van der Waals surface area (Å²) in [6.07, 6.45) is 2.08. The Labute approximate surface area is 165 Å². The van der Waals surface area contributed by atoms with Gasteiger partial charge in [0, 0.05) is 19.2 Å². The highest BCUT2D eigenvalue weighted by Gasteiger charge is 2.09. The van der Waals surface area contributed by atoms with Crippen LogP contribution in [0.4, 0.5) is 5.82 Å². The molecule has 0 aliphatic carbocycles. The van der Waals surface area contributed by atoms with Crippen LogP contribution in [0.2, 0.25) is 0 Å². The Morgan fingerprint density at radius 2 is 1.93 bits per heavy atom. The van der Waals surface area contributed by atoms with Crippen molar-refractivity contribution in [3.8, 4) is 5.75 Å². The lowest BCUT2D eigenvalue weighted by Gasteiger charge is -2.10. The molecule has 3 aromatic rings. The SMILES string of the molecule is COc1ccccc1CCNC(=O)c1cc(NCc2cccc(C)c2)ncn1. The first kappa shape index (κ1) is 19.4. The fourth-order valence-electron chi connectivity index (χ4n) is 2.90. The molecule has 0 bridgehead atoms. The number of carbonyl (C=O) groups is 1. The molecule has 0 saturated heterocycles. The molecule has 6 nitrogen and oxygen atoms in total. The fourth-order valence-corrected chi connectivity index (χ4v) is 2.90. The molecule has 0 atom stereocenters. The third kappa shape index (κ3) is 5.30. The highest BCUT2D eigenvalue weighted by molar-refractivity contribution is 5.92. The van der Waals surface area contributed by atoms with Crippen LogP contribution in [0.15, 0.2) is 60.9 Å². The van der Waals surface area contributed by atoms with Crippen molar-refractivity contribution in [2.24, 2.45) is 0 Å². The average molecular weight is 376 g/mol. The zero-order valence-electron chi connectivity index (χ0n) is 16.1. The topological polar surface area (TPSA) is 76.1 Å². The van der Waals surface area contributed by atoms with Gasteiger partial charge in [-0.2, -0.15) is 0 Å². The Bertz CT molecular complexity index is 943. The Morgan fingerprint density at radius 1 is 1.07 bits per heavy atom. The van der Waals surface area contributed by atoms with Gasteiger partial charge in [-0.25, -0.2) is 9.97 Å². The highest BCUT2D eigenvalue weighted by atomic mass is 16.5. The number of carbonyl (C=O) groups excluding carboxylic acids is 1. The summed E-state index contributed by atoms with van der Waals surface area (Å²) in [6, 6.07) is 17.7. The summed E-state index contributed by atoms with van der Waals surface area (Å²) in [6.45, 7) is 3.18. The number of anilines is 1. The van der Waals surface area contributed by atoms with Gasteiger partial charge >= 0.3 is 0 Å². The molecule has 0 aliphatic rings. The number of methoxy groups -OCH3 is 1. The summed E-state index contributed by atoms with van der Waals surface area (Å²) >= 11 is 0. The lowest BCUT2D eigenvalue weighted by Crippen LogP contribution is -2.26. The molecule has 0 unspecified atom stereocenters. The summed E-state index contributed by atoms with van der Waals surface area (Å²) in [4.78, 5) is 20.7. The molecule has 0 saturated carbocycles. The quantitative estimate of drug-likeness (QED) is 0.630. The van der Waals surface area contributed by atoms with Crippen molar-refractivity contribution < 1.29 is 9.53 Å². The number of amides is 1. The second kappa shape index (κ2) is 9.50. The van der Waals surface area contributed by atoms with Crippen LogP contribution in [0.3, 0.4) is 0 Å². The summed E-state index contributed by atoms with van der Waals surface area (Å²) in [7, 11) is 1.64. The standard InChI is InChI=1S/C22H24N4O2/c1-16-6-5-7-17(12-16)14-24-21-13-19(25-15-26-21)22(27)23-11-10-18-8-3-4-9-20(18)28-2/h3-9,12-13,15H,10-11,14H2,1-2H3,(H,23,27)(H,24,25,26). The third-order valence-corrected chi connectivity index (χ3v) is 4.33. The van der Waals surface area contributed by atoms with E-state index in [4.69, 9.17) is 4.74 Å². The normalized spacial score (nSPS) is 10.4. The maximum Gasteiger partial charge on any atom is 0.270 e. The van der Waals surface area contributed by atoms with Crippen LogP contribution >= 0.6 is 0 Å². The van der Waals surface area contributed by atoms with Crippen LogP contribution in [-0.4, -0.2) is 29.5 Å². The van der Waals surface area contributed by atoms with E-state index in [-0.39, 0.29) is 5.91 Å². The van der Waals surface area contributed by atoms with E-state index < -0.39 is 0 Å². The smallest absolute Gasteiger partial charge is 0.270 e. The molecule has 2 aromatic carbocycles. The minimum absolute atomic E-state index is 0.226. The van der Waals surface area contributed by atoms with E-state index in [1.54, 1.807) is 13.2 Å². The largest absolute Gasteiger partial charge is 0.496 e. The van der Waals surface area contributed by atoms with Crippen LogP contribution in [0.5, 0.6) is 5.75 Å². The van der Waals surface area contributed by atoms with Gasteiger partial charge in [-0.05, 0) is 30.5 Å². The number of ether oxygens (including phenoxy) is 1. The van der Waals surface area contributed by atoms with Crippen molar-refractivity contribution in [2.75, 3.05) is 19.0 Å². The van der Waals surface area contributed by atoms with Gasteiger partial charge in [-0.15, -0.1) is 0 Å². The summed E-state index contributed by atoms with van der Waals surface area (Å²) in [5.74, 6) is 1.21. The van der Waals surface area contributed by atoms with Crippen LogP contribution < -0.4 is 15.4 Å². The van der Waals surface area contributed by atoms with Gasteiger partial charge in [-0.1, -0.05) is 48.0 Å². The number of para-hydroxylation sites is 1. The molecule has 144 valence electrons. The molecule has 0 aliphatic heterocycles. The van der Waals surface area contributed by atoms with E-state index in [1.165, 1.54) is 11.9 Å². The summed E-state index contributed by atoms with van der Waals surface area (Å²) in [5.41, 5.74) is 3.74. The first-order chi connectivity index (χ1) is 13.7. The molecular formula is C22H24N4O2. The van der Waals surface area contributed by atoms with Gasteiger partial charge in [0.1, 0.15) is 23.6 Å². The third-order valence-electron chi connectivity index (χ3n) is 4.33. The first-order valence-corrected chi connectivity index (χ1v) is 9.17.